The second kappa shape index (κ2) is 5.06. The summed E-state index contributed by atoms with van der Waals surface area (Å²) in [5.41, 5.74) is 2.91. The van der Waals surface area contributed by atoms with Crippen molar-refractivity contribution in [2.24, 2.45) is 0 Å². The molecule has 8 heteroatoms. The van der Waals surface area contributed by atoms with E-state index in [9.17, 15) is 4.79 Å². The maximum Gasteiger partial charge on any atom is 0.274 e. The van der Waals surface area contributed by atoms with Gasteiger partial charge in [-0.1, -0.05) is 5.10 Å². The van der Waals surface area contributed by atoms with Crippen LogP contribution in [0.3, 0.4) is 0 Å². The van der Waals surface area contributed by atoms with Gasteiger partial charge < -0.3 is 4.74 Å². The highest BCUT2D eigenvalue weighted by Crippen LogP contribution is 2.32. The number of thioether (sulfide) groups is 1. The smallest absolute Gasteiger partial charge is 0.274 e. The van der Waals surface area contributed by atoms with E-state index < -0.39 is 0 Å². The third-order valence-corrected chi connectivity index (χ3v) is 4.48. The van der Waals surface area contributed by atoms with Gasteiger partial charge in [0.05, 0.1) is 29.8 Å². The Bertz CT molecular complexity index is 875. The number of aromatic nitrogens is 5. The number of nitrogens with zero attached hydrogens (tertiary/aromatic N) is 5. The van der Waals surface area contributed by atoms with Gasteiger partial charge in [-0.25, -0.2) is 4.98 Å². The van der Waals surface area contributed by atoms with E-state index in [4.69, 9.17) is 4.74 Å². The van der Waals surface area contributed by atoms with E-state index >= 15 is 0 Å². The zero-order chi connectivity index (χ0) is 15.1. The number of carbonyl (C=O) groups excluding carboxylic acids is 1. The summed E-state index contributed by atoms with van der Waals surface area (Å²) in [5.74, 6) is 2.35. The Kier molecular flexibility index (Phi) is 3.04. The molecular formula is C14H11N5O2S. The predicted molar refractivity (Wildman–Crippen MR) is 81.1 cm³/mol. The number of ether oxygens (including phenoxy) is 1. The number of tetrazole rings is 1. The molecule has 0 N–H and O–H groups in total. The zero-order valence-electron chi connectivity index (χ0n) is 11.7. The lowest BCUT2D eigenvalue weighted by molar-refractivity contribution is 0.102. The molecule has 3 heterocycles. The molecule has 0 fully saturated rings. The summed E-state index contributed by atoms with van der Waals surface area (Å²) in [7, 11) is 1.61. The number of ketones is 1. The molecule has 0 atom stereocenters. The minimum absolute atomic E-state index is 0.0574. The molecule has 4 rings (SSSR count). The lowest BCUT2D eigenvalue weighted by atomic mass is 10.0. The van der Waals surface area contributed by atoms with Gasteiger partial charge in [-0.2, -0.15) is 4.52 Å². The highest BCUT2D eigenvalue weighted by molar-refractivity contribution is 7.99. The van der Waals surface area contributed by atoms with Gasteiger partial charge in [0.25, 0.3) is 5.78 Å². The van der Waals surface area contributed by atoms with Gasteiger partial charge in [0.15, 0.2) is 5.78 Å². The Morgan fingerprint density at radius 2 is 2.05 bits per heavy atom. The number of Topliss-reactive ketones (excluding diaryl/α,β-unsaturated/α-hetero) is 1. The molecule has 110 valence electrons. The lowest BCUT2D eigenvalue weighted by Crippen LogP contribution is -2.18. The molecule has 1 aliphatic heterocycles. The summed E-state index contributed by atoms with van der Waals surface area (Å²) in [5, 5.41) is 11.6. The van der Waals surface area contributed by atoms with Crippen molar-refractivity contribution in [3.05, 3.63) is 35.5 Å². The van der Waals surface area contributed by atoms with Crippen LogP contribution in [0.15, 0.2) is 24.3 Å². The molecule has 3 aromatic rings. The first-order valence-corrected chi connectivity index (χ1v) is 7.80. The predicted octanol–water partition coefficient (Wildman–Crippen LogP) is 1.62. The molecule has 2 aromatic heterocycles. The monoisotopic (exact) mass is 313 g/mol. The Hall–Kier alpha value is -2.48. The standard InChI is InChI=1S/C14H11N5O2S/c1-21-9-4-2-8(3-5-9)13-12-10(6-22-7-11(12)20)15-14-16-17-18-19(13)14/h2-5H,6-7H2,1H3. The first kappa shape index (κ1) is 13.2. The molecule has 0 saturated heterocycles. The number of rotatable bonds is 2. The van der Waals surface area contributed by atoms with E-state index in [-0.39, 0.29) is 5.78 Å². The van der Waals surface area contributed by atoms with Gasteiger partial charge in [0.1, 0.15) is 5.75 Å². The molecule has 0 radical (unpaired) electrons. The van der Waals surface area contributed by atoms with Gasteiger partial charge in [0, 0.05) is 11.3 Å². The number of fused-ring (bicyclic) bond motifs is 2. The van der Waals surface area contributed by atoms with Crippen molar-refractivity contribution in [1.29, 1.82) is 0 Å². The van der Waals surface area contributed by atoms with Crippen molar-refractivity contribution < 1.29 is 9.53 Å². The Morgan fingerprint density at radius 3 is 2.82 bits per heavy atom. The summed E-state index contributed by atoms with van der Waals surface area (Å²) < 4.78 is 6.70. The van der Waals surface area contributed by atoms with Crippen molar-refractivity contribution in [2.45, 2.75) is 5.75 Å². The molecule has 0 saturated carbocycles. The van der Waals surface area contributed by atoms with E-state index in [2.05, 4.69) is 20.5 Å². The van der Waals surface area contributed by atoms with Crippen LogP contribution >= 0.6 is 11.8 Å². The quantitative estimate of drug-likeness (QED) is 0.711. The molecule has 0 bridgehead atoms. The van der Waals surface area contributed by atoms with E-state index in [0.717, 1.165) is 17.0 Å². The fourth-order valence-corrected chi connectivity index (χ4v) is 3.38. The average Bonchev–Trinajstić information content (AvgIpc) is 3.01. The minimum Gasteiger partial charge on any atom is -0.497 e. The van der Waals surface area contributed by atoms with Crippen LogP contribution in [0, 0.1) is 0 Å². The van der Waals surface area contributed by atoms with Crippen LogP contribution in [0.1, 0.15) is 16.1 Å². The number of benzene rings is 1. The molecule has 22 heavy (non-hydrogen) atoms. The summed E-state index contributed by atoms with van der Waals surface area (Å²) in [6, 6.07) is 7.48. The van der Waals surface area contributed by atoms with Crippen molar-refractivity contribution >= 4 is 23.3 Å². The first-order chi connectivity index (χ1) is 10.8. The van der Waals surface area contributed by atoms with E-state index in [1.165, 1.54) is 4.52 Å². The average molecular weight is 313 g/mol. The van der Waals surface area contributed by atoms with Crippen molar-refractivity contribution in [3.8, 4) is 17.0 Å². The van der Waals surface area contributed by atoms with Crippen molar-refractivity contribution in [3.63, 3.8) is 0 Å². The Balaban J connectivity index is 2.03. The van der Waals surface area contributed by atoms with Crippen LogP contribution in [-0.2, 0) is 5.75 Å². The van der Waals surface area contributed by atoms with Crippen LogP contribution in [-0.4, -0.2) is 43.7 Å². The van der Waals surface area contributed by atoms with Crippen LogP contribution in [0.5, 0.6) is 5.75 Å². The Labute approximate surface area is 129 Å². The van der Waals surface area contributed by atoms with Gasteiger partial charge in [0.2, 0.25) is 0 Å². The second-order valence-electron chi connectivity index (χ2n) is 4.82. The number of hydrogen-bond acceptors (Lipinski definition) is 7. The lowest BCUT2D eigenvalue weighted by Gasteiger charge is -2.17. The maximum atomic E-state index is 12.4. The highest BCUT2D eigenvalue weighted by Gasteiger charge is 2.27. The fraction of sp³-hybridized carbons (Fsp3) is 0.214. The van der Waals surface area contributed by atoms with Gasteiger partial charge in [-0.15, -0.1) is 11.8 Å². The van der Waals surface area contributed by atoms with E-state index in [1.54, 1.807) is 18.9 Å². The minimum atomic E-state index is 0.0574. The number of methoxy groups -OCH3 is 1. The third-order valence-electron chi connectivity index (χ3n) is 3.54. The SMILES string of the molecule is COc1ccc(-c2c3c(nc4nnnn24)CSCC3=O)cc1. The van der Waals surface area contributed by atoms with Crippen LogP contribution in [0.2, 0.25) is 0 Å². The maximum absolute atomic E-state index is 12.4. The molecule has 7 nitrogen and oxygen atoms in total. The van der Waals surface area contributed by atoms with Gasteiger partial charge in [-0.05, 0) is 34.7 Å². The Morgan fingerprint density at radius 1 is 1.23 bits per heavy atom. The van der Waals surface area contributed by atoms with Crippen LogP contribution in [0.4, 0.5) is 0 Å². The number of hydrogen-bond donors (Lipinski definition) is 0. The third kappa shape index (κ3) is 1.95. The van der Waals surface area contributed by atoms with Crippen molar-refractivity contribution in [2.75, 3.05) is 12.9 Å². The van der Waals surface area contributed by atoms with Gasteiger partial charge in [-0.3, -0.25) is 4.79 Å². The molecule has 0 unspecified atom stereocenters. The van der Waals surface area contributed by atoms with Crippen molar-refractivity contribution in [1.82, 2.24) is 25.0 Å². The van der Waals surface area contributed by atoms with E-state index in [0.29, 0.717) is 28.5 Å². The molecule has 0 amide bonds. The fourth-order valence-electron chi connectivity index (χ4n) is 2.54. The second-order valence-corrected chi connectivity index (χ2v) is 5.80. The molecular weight excluding hydrogens is 302 g/mol. The summed E-state index contributed by atoms with van der Waals surface area (Å²) in [6.07, 6.45) is 0. The van der Waals surface area contributed by atoms with Crippen LogP contribution < -0.4 is 4.74 Å². The zero-order valence-corrected chi connectivity index (χ0v) is 12.5. The van der Waals surface area contributed by atoms with Crippen LogP contribution in [0.25, 0.3) is 17.0 Å². The molecule has 1 aromatic carbocycles. The molecule has 0 aliphatic carbocycles. The summed E-state index contributed by atoms with van der Waals surface area (Å²) >= 11 is 1.56. The largest absolute Gasteiger partial charge is 0.497 e. The number of carbonyl (C=O) groups is 1. The topological polar surface area (TPSA) is 82.3 Å². The summed E-state index contributed by atoms with van der Waals surface area (Å²) in [6.45, 7) is 0. The normalized spacial score (nSPS) is 14.1. The highest BCUT2D eigenvalue weighted by atomic mass is 32.2. The summed E-state index contributed by atoms with van der Waals surface area (Å²) in [4.78, 5) is 16.8. The molecule has 0 spiro atoms. The van der Waals surface area contributed by atoms with E-state index in [1.807, 2.05) is 24.3 Å². The molecule has 1 aliphatic rings. The first-order valence-electron chi connectivity index (χ1n) is 6.64. The van der Waals surface area contributed by atoms with Gasteiger partial charge >= 0.3 is 0 Å².